The molecule has 0 heterocycles. The Morgan fingerprint density at radius 3 is 2.21 bits per heavy atom. The standard InChI is InChI=1S/C11H15.Hf.2HI/c1-2-6-10(7-3-1)11-8-4-5-9-11;;;/h4,8,10H,1-3,5-7H2;;2*1H/q-1;;;. The van der Waals surface area contributed by atoms with Crippen molar-refractivity contribution in [2.45, 2.75) is 38.5 Å². The largest absolute Gasteiger partial charge is 0.269 e. The molecular formula is C11H17HfI2-. The molecule has 80 valence electrons. The van der Waals surface area contributed by atoms with Crippen LogP contribution in [0.5, 0.6) is 0 Å². The van der Waals surface area contributed by atoms with E-state index in [1.165, 1.54) is 37.7 Å². The van der Waals surface area contributed by atoms with Crippen LogP contribution in [0.4, 0.5) is 0 Å². The zero-order valence-electron chi connectivity index (χ0n) is 8.29. The summed E-state index contributed by atoms with van der Waals surface area (Å²) < 4.78 is 0. The normalized spacial score (nSPS) is 20.1. The summed E-state index contributed by atoms with van der Waals surface area (Å²) in [6.07, 6.45) is 16.1. The first-order valence-electron chi connectivity index (χ1n) is 4.74. The predicted octanol–water partition coefficient (Wildman–Crippen LogP) is 4.49. The summed E-state index contributed by atoms with van der Waals surface area (Å²) in [4.78, 5) is 0. The van der Waals surface area contributed by atoms with E-state index >= 15 is 0 Å². The molecule has 14 heavy (non-hydrogen) atoms. The Hall–Kier alpha value is 1.81. The Kier molecular flexibility index (Phi) is 13.0. The maximum atomic E-state index is 3.43. The first-order chi connectivity index (χ1) is 5.47. The van der Waals surface area contributed by atoms with Crippen molar-refractivity contribution in [3.8, 4) is 0 Å². The van der Waals surface area contributed by atoms with Crippen molar-refractivity contribution in [3.63, 3.8) is 0 Å². The Morgan fingerprint density at radius 1 is 1.07 bits per heavy atom. The van der Waals surface area contributed by atoms with Gasteiger partial charge in [0.05, 0.1) is 0 Å². The number of hydrogen-bond donors (Lipinski definition) is 0. The minimum Gasteiger partial charge on any atom is -0.269 e. The predicted molar refractivity (Wildman–Crippen MR) is 77.9 cm³/mol. The molecule has 3 heteroatoms. The zero-order chi connectivity index (χ0) is 7.52. The van der Waals surface area contributed by atoms with E-state index in [2.05, 4.69) is 18.2 Å². The van der Waals surface area contributed by atoms with Gasteiger partial charge in [0.2, 0.25) is 0 Å². The second kappa shape index (κ2) is 10.00. The quantitative estimate of drug-likeness (QED) is 0.243. The third kappa shape index (κ3) is 5.23. The van der Waals surface area contributed by atoms with Crippen molar-refractivity contribution in [2.24, 2.45) is 5.92 Å². The van der Waals surface area contributed by atoms with Gasteiger partial charge in [0, 0.05) is 25.8 Å². The number of hydrogen-bond acceptors (Lipinski definition) is 0. The van der Waals surface area contributed by atoms with Gasteiger partial charge in [-0.3, -0.25) is 6.08 Å². The Morgan fingerprint density at radius 2 is 1.71 bits per heavy atom. The van der Waals surface area contributed by atoms with Gasteiger partial charge >= 0.3 is 0 Å². The van der Waals surface area contributed by atoms with E-state index in [9.17, 15) is 0 Å². The molecule has 0 unspecified atom stereocenters. The molecule has 2 rings (SSSR count). The van der Waals surface area contributed by atoms with Crippen molar-refractivity contribution >= 4 is 48.0 Å². The molecule has 0 saturated heterocycles. The van der Waals surface area contributed by atoms with Crippen molar-refractivity contribution in [1.82, 2.24) is 0 Å². The van der Waals surface area contributed by atoms with E-state index < -0.39 is 0 Å². The van der Waals surface area contributed by atoms with Crippen LogP contribution in [0.25, 0.3) is 0 Å². The smallest absolute Gasteiger partial charge is 0 e. The zero-order valence-corrected chi connectivity index (χ0v) is 16.5. The van der Waals surface area contributed by atoms with Crippen LogP contribution in [0.3, 0.4) is 0 Å². The number of rotatable bonds is 1. The second-order valence-electron chi connectivity index (χ2n) is 3.57. The monoisotopic (exact) mass is 583 g/mol. The summed E-state index contributed by atoms with van der Waals surface area (Å²) in [5, 5.41) is 0. The van der Waals surface area contributed by atoms with Gasteiger partial charge < -0.3 is 0 Å². The summed E-state index contributed by atoms with van der Waals surface area (Å²) in [6, 6.07) is 0. The van der Waals surface area contributed by atoms with Crippen LogP contribution in [0, 0.1) is 12.0 Å². The van der Waals surface area contributed by atoms with Crippen LogP contribution in [0.2, 0.25) is 0 Å². The van der Waals surface area contributed by atoms with Crippen molar-refractivity contribution < 1.29 is 25.8 Å². The molecular weight excluding hydrogens is 564 g/mol. The van der Waals surface area contributed by atoms with Gasteiger partial charge in [0.25, 0.3) is 0 Å². The molecule has 0 aromatic heterocycles. The number of halogens is 2. The van der Waals surface area contributed by atoms with Crippen LogP contribution < -0.4 is 0 Å². The minimum atomic E-state index is 0. The van der Waals surface area contributed by atoms with Crippen LogP contribution in [0.1, 0.15) is 38.5 Å². The molecule has 0 nitrogen and oxygen atoms in total. The third-order valence-corrected chi connectivity index (χ3v) is 2.77. The topological polar surface area (TPSA) is 0 Å². The molecule has 0 amide bonds. The van der Waals surface area contributed by atoms with E-state index in [0.29, 0.717) is 0 Å². The molecule has 2 aliphatic carbocycles. The second-order valence-corrected chi connectivity index (χ2v) is 3.57. The third-order valence-electron chi connectivity index (χ3n) is 2.77. The molecule has 1 saturated carbocycles. The molecule has 0 bridgehead atoms. The Labute approximate surface area is 140 Å². The summed E-state index contributed by atoms with van der Waals surface area (Å²) in [5.74, 6) is 0.863. The fraction of sp³-hybridized carbons (Fsp3) is 0.636. The Bertz CT molecular complexity index is 193. The van der Waals surface area contributed by atoms with Crippen molar-refractivity contribution in [3.05, 3.63) is 23.8 Å². The maximum absolute atomic E-state index is 3.43. The van der Waals surface area contributed by atoms with E-state index in [4.69, 9.17) is 0 Å². The van der Waals surface area contributed by atoms with Gasteiger partial charge in [-0.05, 0) is 18.8 Å². The van der Waals surface area contributed by atoms with Gasteiger partial charge in [-0.2, -0.15) is 6.08 Å². The fourth-order valence-electron chi connectivity index (χ4n) is 2.12. The molecule has 1 fully saturated rings. The van der Waals surface area contributed by atoms with Gasteiger partial charge in [-0.15, -0.1) is 54.4 Å². The van der Waals surface area contributed by atoms with E-state index in [0.717, 1.165) is 12.3 Å². The minimum absolute atomic E-state index is 0. The molecule has 0 N–H and O–H groups in total. The number of allylic oxidation sites excluding steroid dienone is 4. The van der Waals surface area contributed by atoms with Gasteiger partial charge in [-0.25, -0.2) is 11.6 Å². The van der Waals surface area contributed by atoms with E-state index in [1.807, 2.05) is 0 Å². The molecule has 0 aromatic rings. The molecule has 0 spiro atoms. The first-order valence-corrected chi connectivity index (χ1v) is 4.74. The molecule has 0 aromatic carbocycles. The van der Waals surface area contributed by atoms with Crippen molar-refractivity contribution in [2.75, 3.05) is 0 Å². The average molecular weight is 582 g/mol. The average Bonchev–Trinajstić information content (AvgIpc) is 2.58. The van der Waals surface area contributed by atoms with Gasteiger partial charge in [0.15, 0.2) is 0 Å². The van der Waals surface area contributed by atoms with Gasteiger partial charge in [0.1, 0.15) is 0 Å². The van der Waals surface area contributed by atoms with Crippen LogP contribution >= 0.6 is 48.0 Å². The van der Waals surface area contributed by atoms with Crippen molar-refractivity contribution in [1.29, 1.82) is 0 Å². The summed E-state index contributed by atoms with van der Waals surface area (Å²) in [7, 11) is 0. The van der Waals surface area contributed by atoms with E-state index in [-0.39, 0.29) is 73.8 Å². The summed E-state index contributed by atoms with van der Waals surface area (Å²) in [5.41, 5.74) is 1.50. The SMILES string of the molecule is I.I.[C-]1=C(C2CCCCC2)C=CC1.[Hf]. The summed E-state index contributed by atoms with van der Waals surface area (Å²) >= 11 is 0. The maximum Gasteiger partial charge on any atom is 0 e. The molecule has 0 radical (unpaired) electrons. The summed E-state index contributed by atoms with van der Waals surface area (Å²) in [6.45, 7) is 0. The fourth-order valence-corrected chi connectivity index (χ4v) is 2.12. The van der Waals surface area contributed by atoms with Crippen LogP contribution in [0.15, 0.2) is 17.7 Å². The first kappa shape index (κ1) is 18.2. The van der Waals surface area contributed by atoms with Gasteiger partial charge in [-0.1, -0.05) is 19.3 Å². The Balaban J connectivity index is 0. The molecule has 0 atom stereocenters. The van der Waals surface area contributed by atoms with E-state index in [1.54, 1.807) is 0 Å². The van der Waals surface area contributed by atoms with Crippen LogP contribution in [-0.2, 0) is 25.8 Å². The molecule has 2 aliphatic rings. The van der Waals surface area contributed by atoms with Crippen LogP contribution in [-0.4, -0.2) is 0 Å². The molecule has 0 aliphatic heterocycles.